The Balaban J connectivity index is 0.962. The number of carbonyl (C=O) groups is 12. The third-order valence-electron chi connectivity index (χ3n) is 17.3. The summed E-state index contributed by atoms with van der Waals surface area (Å²) in [5.74, 6) is -11.2. The number of likely N-dealkylation sites (tertiary alicyclic amines) is 2. The maximum absolute atomic E-state index is 15.0. The molecule has 8 rings (SSSR count). The first-order valence-corrected chi connectivity index (χ1v) is 31.8. The van der Waals surface area contributed by atoms with Crippen molar-refractivity contribution in [3.8, 4) is 5.75 Å². The van der Waals surface area contributed by atoms with Crippen molar-refractivity contribution < 1.29 is 78.0 Å². The summed E-state index contributed by atoms with van der Waals surface area (Å²) in [5, 5.41) is 61.1. The number of fused-ring (bicyclic) bond motifs is 2. The first-order chi connectivity index (χ1) is 46.2. The molecule has 2 aliphatic rings. The number of phenols is 1. The highest BCUT2D eigenvalue weighted by Crippen LogP contribution is 2.26. The standard InChI is InChI=1S/C66H83N15O16/c1-34(2)21-49(65(95)81-31-42(85)26-55(81)62(92)73-47(23-38-28-69-45-13-8-6-11-43(38)45)58(88)78-53(32-82)60(90)77-52(66(96)97)24-39-29-70-46-14-9-7-12-44(39)46)76-59(89)48(25-40-30-68-33-71-40)74-61(91)54-15-10-20-80(54)64(94)51(27-56(67)86)75-57(87)35(3)79(5)63(93)50(72-36(4)83)22-37-16-18-41(84)19-17-37/h6-9,11-14,16-19,28-30,33-35,42,47-55,69-70,82,84-85H,10,15,20-27,31-32H2,1-5H3,(H2,67,86)(H,68,71)(H,72,83)(H,73,92)(H,74,91)(H,75,87)(H,76,89)(H,77,90)(H,78,88)(H,96,97)/t35-,42+,47-,48-,49-,50-,51-,52-,53-,54-,55-/m0/s1. The predicted octanol–water partition coefficient (Wildman–Crippen LogP) is -1.44. The molecule has 31 heteroatoms. The van der Waals surface area contributed by atoms with Crippen molar-refractivity contribution >= 4 is 92.8 Å². The summed E-state index contributed by atoms with van der Waals surface area (Å²) < 4.78 is 0. The molecule has 0 bridgehead atoms. The number of H-pyrrole nitrogens is 3. The Bertz CT molecular complexity index is 3850. The van der Waals surface area contributed by atoms with E-state index in [1.807, 2.05) is 0 Å². The second-order valence-electron chi connectivity index (χ2n) is 24.9. The Morgan fingerprint density at radius 1 is 0.639 bits per heavy atom. The average Bonchev–Trinajstić information content (AvgIpc) is 1.75. The molecule has 0 radical (unpaired) electrons. The van der Waals surface area contributed by atoms with Crippen LogP contribution in [-0.4, -0.2) is 219 Å². The molecule has 0 saturated carbocycles. The van der Waals surface area contributed by atoms with Gasteiger partial charge in [0.2, 0.25) is 65.0 Å². The maximum atomic E-state index is 15.0. The molecule has 0 spiro atoms. The maximum Gasteiger partial charge on any atom is 0.326 e. The lowest BCUT2D eigenvalue weighted by atomic mass is 10.0. The van der Waals surface area contributed by atoms with Gasteiger partial charge in [-0.3, -0.25) is 52.7 Å². The number of hydrogen-bond acceptors (Lipinski definition) is 16. The van der Waals surface area contributed by atoms with Crippen LogP contribution in [0, 0.1) is 5.92 Å². The number of carboxylic acids is 1. The number of aliphatic hydroxyl groups excluding tert-OH is 2. The number of aromatic hydroxyl groups is 1. The lowest BCUT2D eigenvalue weighted by Gasteiger charge is -2.32. The molecular weight excluding hydrogens is 1260 g/mol. The van der Waals surface area contributed by atoms with Gasteiger partial charge in [-0.2, -0.15) is 0 Å². The van der Waals surface area contributed by atoms with Gasteiger partial charge in [-0.25, -0.2) is 9.78 Å². The van der Waals surface area contributed by atoms with Crippen LogP contribution in [0.15, 0.2) is 97.7 Å². The van der Waals surface area contributed by atoms with Crippen LogP contribution in [0.1, 0.15) is 82.2 Å². The van der Waals surface area contributed by atoms with Crippen LogP contribution in [0.4, 0.5) is 0 Å². The fourth-order valence-electron chi connectivity index (χ4n) is 12.1. The summed E-state index contributed by atoms with van der Waals surface area (Å²) in [5.41, 5.74) is 9.06. The zero-order chi connectivity index (χ0) is 70.4. The molecule has 31 nitrogen and oxygen atoms in total. The number of β-amino-alcohol motifs (C(OH)–C–C–N with tert-alkyl or cyclic N) is 1. The minimum atomic E-state index is -1.72. The number of aliphatic hydroxyl groups is 2. The number of nitrogens with zero attached hydrogens (tertiary/aromatic N) is 4. The van der Waals surface area contributed by atoms with Gasteiger partial charge in [-0.15, -0.1) is 0 Å². The molecule has 518 valence electrons. The molecule has 0 unspecified atom stereocenters. The SMILES string of the molecule is CC(=O)N[C@@H](Cc1ccc(O)cc1)C(=O)N(C)[C@@H](C)C(=O)N[C@@H](CC(N)=O)C(=O)N1CCC[C@H]1C(=O)N[C@@H](Cc1cnc[nH]1)C(=O)N[C@@H](CC(C)C)C(=O)N1C[C@H](O)C[C@H]1C(=O)N[C@@H](Cc1c[nH]c2ccccc12)C(=O)N[C@@H](CO)C(=O)N[C@@H](Cc1c[nH]c2ccccc12)C(=O)O. The Hall–Kier alpha value is -10.7. The third kappa shape index (κ3) is 18.6. The highest BCUT2D eigenvalue weighted by Gasteiger charge is 2.45. The molecule has 3 aromatic heterocycles. The van der Waals surface area contributed by atoms with Crippen molar-refractivity contribution in [3.63, 3.8) is 0 Å². The molecule has 97 heavy (non-hydrogen) atoms. The first-order valence-electron chi connectivity index (χ1n) is 31.8. The van der Waals surface area contributed by atoms with Gasteiger partial charge in [0, 0.05) is 105 Å². The number of primary amides is 1. The largest absolute Gasteiger partial charge is 0.508 e. The quantitative estimate of drug-likeness (QED) is 0.0237. The highest BCUT2D eigenvalue weighted by molar-refractivity contribution is 6.00. The van der Waals surface area contributed by atoms with Crippen LogP contribution >= 0.6 is 0 Å². The molecule has 6 aromatic rings. The molecule has 11 amide bonds. The van der Waals surface area contributed by atoms with E-state index in [4.69, 9.17) is 5.73 Å². The number of nitrogens with one attached hydrogen (secondary N) is 10. The lowest BCUT2D eigenvalue weighted by Crippen LogP contribution is -2.61. The number of para-hydroxylation sites is 2. The van der Waals surface area contributed by atoms with E-state index in [0.717, 1.165) is 25.6 Å². The number of phenolic OH excluding ortho intramolecular Hbond substituents is 1. The fourth-order valence-corrected chi connectivity index (χ4v) is 12.1. The fraction of sp³-hybridized carbons (Fsp3) is 0.439. The number of aromatic amines is 3. The summed E-state index contributed by atoms with van der Waals surface area (Å²) in [6.45, 7) is 4.67. The first kappa shape index (κ1) is 72.1. The molecule has 2 saturated heterocycles. The van der Waals surface area contributed by atoms with Gasteiger partial charge < -0.3 is 93.0 Å². The van der Waals surface area contributed by atoms with Crippen LogP contribution in [0.3, 0.4) is 0 Å². The summed E-state index contributed by atoms with van der Waals surface area (Å²) in [7, 11) is 1.31. The lowest BCUT2D eigenvalue weighted by molar-refractivity contribution is -0.145. The topological polar surface area (TPSA) is 466 Å². The second kappa shape index (κ2) is 32.6. The number of imidazole rings is 1. The van der Waals surface area contributed by atoms with Gasteiger partial charge in [0.25, 0.3) is 0 Å². The van der Waals surface area contributed by atoms with E-state index in [1.54, 1.807) is 86.9 Å². The zero-order valence-electron chi connectivity index (χ0n) is 54.2. The van der Waals surface area contributed by atoms with Gasteiger partial charge in [-0.05, 0) is 73.1 Å². The Morgan fingerprint density at radius 3 is 1.75 bits per heavy atom. The summed E-state index contributed by atoms with van der Waals surface area (Å²) in [4.78, 5) is 183. The molecular formula is C66H83N15O16. The van der Waals surface area contributed by atoms with Crippen molar-refractivity contribution in [1.29, 1.82) is 0 Å². The van der Waals surface area contributed by atoms with Crippen LogP contribution in [-0.2, 0) is 83.2 Å². The molecule has 5 heterocycles. The van der Waals surface area contributed by atoms with E-state index in [2.05, 4.69) is 57.2 Å². The van der Waals surface area contributed by atoms with Crippen LogP contribution < -0.4 is 43.0 Å². The van der Waals surface area contributed by atoms with Gasteiger partial charge in [-0.1, -0.05) is 62.4 Å². The van der Waals surface area contributed by atoms with Gasteiger partial charge in [0.1, 0.15) is 66.2 Å². The van der Waals surface area contributed by atoms with Gasteiger partial charge in [0.05, 0.1) is 25.5 Å². The van der Waals surface area contributed by atoms with Crippen LogP contribution in [0.5, 0.6) is 5.75 Å². The van der Waals surface area contributed by atoms with Crippen LogP contribution in [0.25, 0.3) is 21.8 Å². The van der Waals surface area contributed by atoms with E-state index in [9.17, 15) is 78.0 Å². The Labute approximate surface area is 556 Å². The summed E-state index contributed by atoms with van der Waals surface area (Å²) in [6, 6.07) is 5.67. The number of hydrogen-bond donors (Lipinski definition) is 15. The number of nitrogens with two attached hydrogens (primary N) is 1. The third-order valence-corrected chi connectivity index (χ3v) is 17.3. The number of aromatic nitrogens is 4. The second-order valence-corrected chi connectivity index (χ2v) is 24.9. The molecule has 2 fully saturated rings. The van der Waals surface area contributed by atoms with Crippen molar-refractivity contribution in [2.75, 3.05) is 26.7 Å². The Morgan fingerprint density at radius 2 is 1.19 bits per heavy atom. The minimum Gasteiger partial charge on any atom is -0.508 e. The van der Waals surface area contributed by atoms with E-state index in [1.165, 1.54) is 45.6 Å². The monoisotopic (exact) mass is 1340 g/mol. The van der Waals surface area contributed by atoms with Crippen molar-refractivity contribution in [1.82, 2.24) is 71.9 Å². The van der Waals surface area contributed by atoms with E-state index in [0.29, 0.717) is 33.3 Å². The van der Waals surface area contributed by atoms with E-state index in [-0.39, 0.29) is 69.6 Å². The smallest absolute Gasteiger partial charge is 0.326 e. The van der Waals surface area contributed by atoms with Gasteiger partial charge in [0.15, 0.2) is 0 Å². The molecule has 3 aromatic carbocycles. The highest BCUT2D eigenvalue weighted by atomic mass is 16.4. The molecule has 2 aliphatic heterocycles. The number of benzene rings is 3. The van der Waals surface area contributed by atoms with Crippen LogP contribution in [0.2, 0.25) is 0 Å². The van der Waals surface area contributed by atoms with Crippen molar-refractivity contribution in [2.24, 2.45) is 11.7 Å². The summed E-state index contributed by atoms with van der Waals surface area (Å²) >= 11 is 0. The van der Waals surface area contributed by atoms with Gasteiger partial charge >= 0.3 is 5.97 Å². The minimum absolute atomic E-state index is 0.0123. The number of carboxylic acid groups (broad SMARTS) is 1. The molecule has 16 N–H and O–H groups in total. The number of rotatable bonds is 31. The van der Waals surface area contributed by atoms with E-state index >= 15 is 0 Å². The normalized spacial score (nSPS) is 17.8. The predicted molar refractivity (Wildman–Crippen MR) is 348 cm³/mol. The van der Waals surface area contributed by atoms with Crippen molar-refractivity contribution in [3.05, 3.63) is 120 Å². The zero-order valence-corrected chi connectivity index (χ0v) is 54.2. The molecule has 11 atom stereocenters. The van der Waals surface area contributed by atoms with E-state index < -0.39 is 157 Å². The number of aliphatic carboxylic acids is 1. The number of likely N-dealkylation sites (N-methyl/N-ethyl adjacent to an activating group) is 1. The number of amides is 11. The summed E-state index contributed by atoms with van der Waals surface area (Å²) in [6.07, 6.45) is 3.29. The average molecular weight is 1340 g/mol. The molecule has 0 aliphatic carbocycles. The van der Waals surface area contributed by atoms with Crippen molar-refractivity contribution in [2.45, 2.75) is 152 Å². The Kier molecular flexibility index (Phi) is 24.3. The number of carbonyl (C=O) groups excluding carboxylic acids is 11.